The van der Waals surface area contributed by atoms with E-state index in [-0.39, 0.29) is 0 Å². The Hall–Kier alpha value is -5.80. The van der Waals surface area contributed by atoms with E-state index < -0.39 is 0 Å². The van der Waals surface area contributed by atoms with Crippen molar-refractivity contribution in [3.8, 4) is 56.2 Å². The summed E-state index contributed by atoms with van der Waals surface area (Å²) in [5.41, 5.74) is 11.2. The van der Waals surface area contributed by atoms with Crippen LogP contribution in [-0.4, -0.2) is 9.97 Å². The maximum absolute atomic E-state index is 6.12. The van der Waals surface area contributed by atoms with E-state index in [0.717, 1.165) is 72.3 Å². The molecule has 0 saturated carbocycles. The molecule has 8 aromatic rings. The number of benzene rings is 6. The first-order chi connectivity index (χ1) is 21.3. The summed E-state index contributed by atoms with van der Waals surface area (Å²) >= 11 is 0. The monoisotopic (exact) mass is 550 g/mol. The largest absolute Gasteiger partial charge is 0.456 e. The first kappa shape index (κ1) is 25.0. The zero-order valence-corrected chi connectivity index (χ0v) is 23.3. The summed E-state index contributed by atoms with van der Waals surface area (Å²) in [6.45, 7) is 0. The number of hydrogen-bond acceptors (Lipinski definition) is 3. The van der Waals surface area contributed by atoms with Gasteiger partial charge >= 0.3 is 0 Å². The third kappa shape index (κ3) is 4.77. The van der Waals surface area contributed by atoms with Crippen LogP contribution in [-0.2, 0) is 0 Å². The lowest BCUT2D eigenvalue weighted by molar-refractivity contribution is 0.669. The number of fused-ring (bicyclic) bond motifs is 3. The second kappa shape index (κ2) is 10.6. The molecule has 0 atom stereocenters. The molecule has 0 unspecified atom stereocenters. The zero-order valence-electron chi connectivity index (χ0n) is 23.3. The molecule has 3 heteroatoms. The SMILES string of the molecule is c1ccc(-c2cc(-c3ccc4oc5ccccc5c4c3)cc(-c3cc(-c4ccccc4)nc(-c4ccccc4)n3)c2)cc1. The smallest absolute Gasteiger partial charge is 0.160 e. The fourth-order valence-corrected chi connectivity index (χ4v) is 5.71. The number of rotatable bonds is 5. The molecule has 0 radical (unpaired) electrons. The molecule has 0 aliphatic carbocycles. The molecule has 2 aromatic heterocycles. The van der Waals surface area contributed by atoms with Crippen molar-refractivity contribution in [2.75, 3.05) is 0 Å². The minimum atomic E-state index is 0.704. The second-order valence-corrected chi connectivity index (χ2v) is 10.7. The molecular weight excluding hydrogens is 524 g/mol. The number of aromatic nitrogens is 2. The molecule has 2 heterocycles. The Bertz CT molecular complexity index is 2160. The van der Waals surface area contributed by atoms with Gasteiger partial charge in [0.25, 0.3) is 0 Å². The summed E-state index contributed by atoms with van der Waals surface area (Å²) in [4.78, 5) is 10.1. The first-order valence-electron chi connectivity index (χ1n) is 14.4. The Balaban J connectivity index is 1.35. The predicted molar refractivity (Wildman–Crippen MR) is 176 cm³/mol. The van der Waals surface area contributed by atoms with E-state index in [4.69, 9.17) is 14.4 Å². The van der Waals surface area contributed by atoms with Crippen LogP contribution in [0.3, 0.4) is 0 Å². The van der Waals surface area contributed by atoms with Gasteiger partial charge in [-0.2, -0.15) is 0 Å². The van der Waals surface area contributed by atoms with Crippen molar-refractivity contribution in [3.63, 3.8) is 0 Å². The standard InChI is InChI=1S/C40H26N2O/c1-4-12-27(13-5-1)31-22-32(30-20-21-39-35(25-30)34-18-10-11-19-38(34)43-39)24-33(23-31)37-26-36(28-14-6-2-7-15-28)41-40(42-37)29-16-8-3-9-17-29/h1-26H. The van der Waals surface area contributed by atoms with Crippen LogP contribution in [0.4, 0.5) is 0 Å². The Kier molecular flexibility index (Phi) is 6.12. The quantitative estimate of drug-likeness (QED) is 0.214. The average molecular weight is 551 g/mol. The predicted octanol–water partition coefficient (Wildman–Crippen LogP) is 10.7. The van der Waals surface area contributed by atoms with Crippen LogP contribution in [0.5, 0.6) is 0 Å². The highest BCUT2D eigenvalue weighted by Crippen LogP contribution is 2.37. The summed E-state index contributed by atoms with van der Waals surface area (Å²) < 4.78 is 6.12. The van der Waals surface area contributed by atoms with Crippen LogP contribution < -0.4 is 0 Å². The summed E-state index contributed by atoms with van der Waals surface area (Å²) in [7, 11) is 0. The molecule has 0 amide bonds. The van der Waals surface area contributed by atoms with Gasteiger partial charge < -0.3 is 4.42 Å². The van der Waals surface area contributed by atoms with Crippen molar-refractivity contribution in [1.29, 1.82) is 0 Å². The van der Waals surface area contributed by atoms with Crippen LogP contribution >= 0.6 is 0 Å². The van der Waals surface area contributed by atoms with Crippen molar-refractivity contribution >= 4 is 21.9 Å². The molecule has 43 heavy (non-hydrogen) atoms. The Labute approximate surface area is 249 Å². The molecule has 202 valence electrons. The van der Waals surface area contributed by atoms with Crippen LogP contribution in [0.15, 0.2) is 162 Å². The van der Waals surface area contributed by atoms with E-state index in [2.05, 4.69) is 109 Å². The Morgan fingerprint density at radius 3 is 1.58 bits per heavy atom. The summed E-state index contributed by atoms with van der Waals surface area (Å²) in [5.74, 6) is 0.704. The second-order valence-electron chi connectivity index (χ2n) is 10.7. The average Bonchev–Trinajstić information content (AvgIpc) is 3.47. The maximum atomic E-state index is 6.12. The molecule has 8 rings (SSSR count). The molecule has 0 spiro atoms. The van der Waals surface area contributed by atoms with Crippen molar-refractivity contribution in [1.82, 2.24) is 9.97 Å². The highest BCUT2D eigenvalue weighted by atomic mass is 16.3. The highest BCUT2D eigenvalue weighted by Gasteiger charge is 2.14. The number of para-hydroxylation sites is 1. The zero-order chi connectivity index (χ0) is 28.6. The van der Waals surface area contributed by atoms with Crippen molar-refractivity contribution in [2.24, 2.45) is 0 Å². The van der Waals surface area contributed by atoms with Gasteiger partial charge in [-0.3, -0.25) is 0 Å². The van der Waals surface area contributed by atoms with Gasteiger partial charge in [-0.25, -0.2) is 9.97 Å². The third-order valence-corrected chi connectivity index (χ3v) is 7.87. The molecule has 0 fully saturated rings. The molecular formula is C40H26N2O. The van der Waals surface area contributed by atoms with Crippen molar-refractivity contribution < 1.29 is 4.42 Å². The molecule has 0 saturated heterocycles. The lowest BCUT2D eigenvalue weighted by Crippen LogP contribution is -1.96. The van der Waals surface area contributed by atoms with Gasteiger partial charge in [0.1, 0.15) is 11.2 Å². The molecule has 0 aliphatic heterocycles. The van der Waals surface area contributed by atoms with E-state index in [1.165, 1.54) is 0 Å². The first-order valence-corrected chi connectivity index (χ1v) is 14.4. The number of furan rings is 1. The van der Waals surface area contributed by atoms with Gasteiger partial charge in [-0.05, 0) is 64.7 Å². The number of hydrogen-bond donors (Lipinski definition) is 0. The van der Waals surface area contributed by atoms with Crippen LogP contribution in [0, 0.1) is 0 Å². The normalized spacial score (nSPS) is 11.3. The van der Waals surface area contributed by atoms with E-state index >= 15 is 0 Å². The Morgan fingerprint density at radius 2 is 0.860 bits per heavy atom. The fraction of sp³-hybridized carbons (Fsp3) is 0. The van der Waals surface area contributed by atoms with Gasteiger partial charge in [0.05, 0.1) is 11.4 Å². The van der Waals surface area contributed by atoms with E-state index in [1.54, 1.807) is 0 Å². The van der Waals surface area contributed by atoms with Gasteiger partial charge in [0, 0.05) is 27.5 Å². The minimum absolute atomic E-state index is 0.704. The highest BCUT2D eigenvalue weighted by molar-refractivity contribution is 6.06. The summed E-state index contributed by atoms with van der Waals surface area (Å²) in [5, 5.41) is 2.23. The number of nitrogens with zero attached hydrogens (tertiary/aromatic N) is 2. The molecule has 3 nitrogen and oxygen atoms in total. The summed E-state index contributed by atoms with van der Waals surface area (Å²) in [6, 6.07) is 54.5. The van der Waals surface area contributed by atoms with Gasteiger partial charge in [-0.1, -0.05) is 115 Å². The van der Waals surface area contributed by atoms with Crippen LogP contribution in [0.1, 0.15) is 0 Å². The van der Waals surface area contributed by atoms with E-state index in [0.29, 0.717) is 5.82 Å². The van der Waals surface area contributed by atoms with Gasteiger partial charge in [0.2, 0.25) is 0 Å². The van der Waals surface area contributed by atoms with Crippen molar-refractivity contribution in [3.05, 3.63) is 158 Å². The molecule has 0 N–H and O–H groups in total. The lowest BCUT2D eigenvalue weighted by Gasteiger charge is -2.13. The topological polar surface area (TPSA) is 38.9 Å². The lowest BCUT2D eigenvalue weighted by atomic mass is 9.94. The van der Waals surface area contributed by atoms with Crippen molar-refractivity contribution in [2.45, 2.75) is 0 Å². The molecule has 0 bridgehead atoms. The molecule has 0 aliphatic rings. The van der Waals surface area contributed by atoms with Gasteiger partial charge in [-0.15, -0.1) is 0 Å². The minimum Gasteiger partial charge on any atom is -0.456 e. The van der Waals surface area contributed by atoms with Crippen LogP contribution in [0.25, 0.3) is 78.1 Å². The fourth-order valence-electron chi connectivity index (χ4n) is 5.71. The molecule has 6 aromatic carbocycles. The maximum Gasteiger partial charge on any atom is 0.160 e. The summed E-state index contributed by atoms with van der Waals surface area (Å²) in [6.07, 6.45) is 0. The van der Waals surface area contributed by atoms with Crippen LogP contribution in [0.2, 0.25) is 0 Å². The van der Waals surface area contributed by atoms with E-state index in [1.807, 2.05) is 48.5 Å². The van der Waals surface area contributed by atoms with Gasteiger partial charge in [0.15, 0.2) is 5.82 Å². The third-order valence-electron chi connectivity index (χ3n) is 7.87. The van der Waals surface area contributed by atoms with E-state index in [9.17, 15) is 0 Å². The Morgan fingerprint density at radius 1 is 0.326 bits per heavy atom.